The van der Waals surface area contributed by atoms with Crippen LogP contribution in [0.25, 0.3) is 0 Å². The molecular formula is C14H20N2O2. The van der Waals surface area contributed by atoms with Gasteiger partial charge in [-0.15, -0.1) is 0 Å². The number of rotatable bonds is 7. The van der Waals surface area contributed by atoms with Crippen LogP contribution in [-0.2, 0) is 16.1 Å². The Labute approximate surface area is 108 Å². The molecular weight excluding hydrogens is 228 g/mol. The lowest BCUT2D eigenvalue weighted by Gasteiger charge is -2.10. The number of nitrogens with one attached hydrogen (secondary N) is 1. The number of benzene rings is 1. The van der Waals surface area contributed by atoms with Crippen LogP contribution in [0.15, 0.2) is 30.3 Å². The van der Waals surface area contributed by atoms with Gasteiger partial charge >= 0.3 is 5.97 Å². The van der Waals surface area contributed by atoms with Gasteiger partial charge in [0.2, 0.25) is 0 Å². The SMILES string of the molecule is CC(CCN)CC(=N)C(=O)OCc1ccccc1. The van der Waals surface area contributed by atoms with Gasteiger partial charge in [-0.25, -0.2) is 4.79 Å². The summed E-state index contributed by atoms with van der Waals surface area (Å²) in [5.74, 6) is -0.297. The fourth-order valence-corrected chi connectivity index (χ4v) is 1.63. The molecule has 0 spiro atoms. The molecule has 0 saturated carbocycles. The zero-order valence-corrected chi connectivity index (χ0v) is 10.7. The van der Waals surface area contributed by atoms with Crippen LogP contribution < -0.4 is 5.73 Å². The minimum atomic E-state index is -0.539. The maximum Gasteiger partial charge on any atom is 0.352 e. The van der Waals surface area contributed by atoms with Gasteiger partial charge in [0, 0.05) is 0 Å². The lowest BCUT2D eigenvalue weighted by molar-refractivity contribution is -0.137. The zero-order valence-electron chi connectivity index (χ0n) is 10.7. The second-order valence-electron chi connectivity index (χ2n) is 4.43. The summed E-state index contributed by atoms with van der Waals surface area (Å²) in [5, 5.41) is 7.65. The van der Waals surface area contributed by atoms with Gasteiger partial charge in [-0.1, -0.05) is 37.3 Å². The monoisotopic (exact) mass is 248 g/mol. The van der Waals surface area contributed by atoms with Gasteiger partial charge < -0.3 is 10.5 Å². The van der Waals surface area contributed by atoms with E-state index in [1.54, 1.807) is 0 Å². The van der Waals surface area contributed by atoms with E-state index in [1.165, 1.54) is 0 Å². The molecule has 0 radical (unpaired) electrons. The highest BCUT2D eigenvalue weighted by Crippen LogP contribution is 2.08. The number of hydrogen-bond acceptors (Lipinski definition) is 4. The van der Waals surface area contributed by atoms with Gasteiger partial charge in [0.05, 0.1) is 0 Å². The van der Waals surface area contributed by atoms with Gasteiger partial charge in [-0.05, 0) is 30.9 Å². The molecule has 4 nitrogen and oxygen atoms in total. The molecule has 1 aromatic rings. The van der Waals surface area contributed by atoms with E-state index in [0.29, 0.717) is 13.0 Å². The van der Waals surface area contributed by atoms with Crippen LogP contribution in [0.2, 0.25) is 0 Å². The third-order valence-corrected chi connectivity index (χ3v) is 2.67. The summed E-state index contributed by atoms with van der Waals surface area (Å²) in [5.41, 5.74) is 6.37. The molecule has 1 atom stereocenters. The lowest BCUT2D eigenvalue weighted by atomic mass is 10.0. The van der Waals surface area contributed by atoms with Crippen LogP contribution in [0.1, 0.15) is 25.3 Å². The maximum atomic E-state index is 11.6. The average Bonchev–Trinajstić information content (AvgIpc) is 2.37. The van der Waals surface area contributed by atoms with E-state index in [9.17, 15) is 4.79 Å². The number of esters is 1. The first-order valence-corrected chi connectivity index (χ1v) is 6.12. The normalized spacial score (nSPS) is 11.9. The number of carbonyl (C=O) groups is 1. The summed E-state index contributed by atoms with van der Waals surface area (Å²) in [7, 11) is 0. The third kappa shape index (κ3) is 5.10. The molecule has 0 heterocycles. The minimum Gasteiger partial charge on any atom is -0.456 e. The largest absolute Gasteiger partial charge is 0.456 e. The van der Waals surface area contributed by atoms with E-state index in [2.05, 4.69) is 0 Å². The van der Waals surface area contributed by atoms with Gasteiger partial charge in [-0.3, -0.25) is 5.41 Å². The van der Waals surface area contributed by atoms with Crippen LogP contribution in [-0.4, -0.2) is 18.2 Å². The molecule has 4 heteroatoms. The summed E-state index contributed by atoms with van der Waals surface area (Å²) < 4.78 is 5.07. The Morgan fingerprint density at radius 3 is 2.67 bits per heavy atom. The van der Waals surface area contributed by atoms with Crippen LogP contribution >= 0.6 is 0 Å². The second-order valence-corrected chi connectivity index (χ2v) is 4.43. The van der Waals surface area contributed by atoms with Crippen molar-refractivity contribution < 1.29 is 9.53 Å². The summed E-state index contributed by atoms with van der Waals surface area (Å²) >= 11 is 0. The highest BCUT2D eigenvalue weighted by molar-refractivity contribution is 6.35. The van der Waals surface area contributed by atoms with Crippen molar-refractivity contribution in [2.45, 2.75) is 26.4 Å². The fraction of sp³-hybridized carbons (Fsp3) is 0.429. The van der Waals surface area contributed by atoms with Crippen LogP contribution in [0.5, 0.6) is 0 Å². The van der Waals surface area contributed by atoms with Gasteiger partial charge in [0.1, 0.15) is 12.3 Å². The molecule has 0 aliphatic rings. The van der Waals surface area contributed by atoms with Crippen LogP contribution in [0, 0.1) is 11.3 Å². The average molecular weight is 248 g/mol. The Balaban J connectivity index is 2.34. The number of carbonyl (C=O) groups excluding carboxylic acids is 1. The smallest absolute Gasteiger partial charge is 0.352 e. The molecule has 0 saturated heterocycles. The van der Waals surface area contributed by atoms with Crippen molar-refractivity contribution >= 4 is 11.7 Å². The van der Waals surface area contributed by atoms with Gasteiger partial charge in [-0.2, -0.15) is 0 Å². The van der Waals surface area contributed by atoms with Crippen molar-refractivity contribution in [3.63, 3.8) is 0 Å². The van der Waals surface area contributed by atoms with E-state index in [1.807, 2.05) is 37.3 Å². The molecule has 0 fully saturated rings. The number of hydrogen-bond donors (Lipinski definition) is 2. The van der Waals surface area contributed by atoms with Crippen molar-refractivity contribution in [2.24, 2.45) is 11.7 Å². The predicted molar refractivity (Wildman–Crippen MR) is 71.4 cm³/mol. The van der Waals surface area contributed by atoms with Crippen LogP contribution in [0.4, 0.5) is 0 Å². The van der Waals surface area contributed by atoms with Crippen molar-refractivity contribution in [1.29, 1.82) is 5.41 Å². The summed E-state index contributed by atoms with van der Waals surface area (Å²) in [6, 6.07) is 9.44. The van der Waals surface area contributed by atoms with Crippen molar-refractivity contribution in [3.05, 3.63) is 35.9 Å². The maximum absolute atomic E-state index is 11.6. The lowest BCUT2D eigenvalue weighted by Crippen LogP contribution is -2.20. The van der Waals surface area contributed by atoms with Crippen molar-refractivity contribution in [1.82, 2.24) is 0 Å². The van der Waals surface area contributed by atoms with E-state index in [4.69, 9.17) is 15.9 Å². The molecule has 1 unspecified atom stereocenters. The molecule has 0 aromatic heterocycles. The van der Waals surface area contributed by atoms with E-state index < -0.39 is 5.97 Å². The molecule has 98 valence electrons. The van der Waals surface area contributed by atoms with Crippen molar-refractivity contribution in [3.8, 4) is 0 Å². The second kappa shape index (κ2) is 7.61. The Kier molecular flexibility index (Phi) is 6.08. The molecule has 1 rings (SSSR count). The van der Waals surface area contributed by atoms with Gasteiger partial charge in [0.25, 0.3) is 0 Å². The van der Waals surface area contributed by atoms with Gasteiger partial charge in [0.15, 0.2) is 0 Å². The minimum absolute atomic E-state index is 0.0203. The molecule has 18 heavy (non-hydrogen) atoms. The van der Waals surface area contributed by atoms with E-state index in [0.717, 1.165) is 12.0 Å². The summed E-state index contributed by atoms with van der Waals surface area (Å²) in [6.07, 6.45) is 1.24. The predicted octanol–water partition coefficient (Wildman–Crippen LogP) is 2.12. The molecule has 0 aliphatic carbocycles. The summed E-state index contributed by atoms with van der Waals surface area (Å²) in [6.45, 7) is 2.77. The fourth-order valence-electron chi connectivity index (χ4n) is 1.63. The quantitative estimate of drug-likeness (QED) is 0.573. The first-order chi connectivity index (χ1) is 8.63. The molecule has 1 aromatic carbocycles. The number of ether oxygens (including phenoxy) is 1. The molecule has 0 aliphatic heterocycles. The first kappa shape index (κ1) is 14.4. The highest BCUT2D eigenvalue weighted by atomic mass is 16.5. The Bertz CT molecular complexity index is 390. The Morgan fingerprint density at radius 1 is 1.39 bits per heavy atom. The van der Waals surface area contributed by atoms with E-state index in [-0.39, 0.29) is 18.2 Å². The molecule has 3 N–H and O–H groups in total. The summed E-state index contributed by atoms with van der Waals surface area (Å²) in [4.78, 5) is 11.6. The Hall–Kier alpha value is -1.68. The standard InChI is InChI=1S/C14H20N2O2/c1-11(7-8-15)9-13(16)14(17)18-10-12-5-3-2-4-6-12/h2-6,11,16H,7-10,15H2,1H3. The van der Waals surface area contributed by atoms with E-state index >= 15 is 0 Å². The zero-order chi connectivity index (χ0) is 13.4. The molecule has 0 amide bonds. The van der Waals surface area contributed by atoms with Crippen LogP contribution in [0.3, 0.4) is 0 Å². The highest BCUT2D eigenvalue weighted by Gasteiger charge is 2.14. The topological polar surface area (TPSA) is 76.2 Å². The number of nitrogens with two attached hydrogens (primary N) is 1. The first-order valence-electron chi connectivity index (χ1n) is 6.12. The van der Waals surface area contributed by atoms with Crippen molar-refractivity contribution in [2.75, 3.05) is 6.54 Å². The Morgan fingerprint density at radius 2 is 2.06 bits per heavy atom. The molecule has 0 bridgehead atoms. The third-order valence-electron chi connectivity index (χ3n) is 2.67.